The van der Waals surface area contributed by atoms with E-state index in [-0.39, 0.29) is 18.0 Å². The van der Waals surface area contributed by atoms with E-state index < -0.39 is 0 Å². The number of aromatic nitrogens is 2. The minimum absolute atomic E-state index is 0.149. The fourth-order valence-corrected chi connectivity index (χ4v) is 4.22. The van der Waals surface area contributed by atoms with Crippen LogP contribution in [0.1, 0.15) is 5.56 Å². The number of amides is 1. The van der Waals surface area contributed by atoms with Gasteiger partial charge in [0.2, 0.25) is 5.91 Å². The number of carbonyl (C=O) groups is 1. The number of anilines is 1. The Morgan fingerprint density at radius 1 is 1.17 bits per heavy atom. The molecule has 0 aliphatic carbocycles. The third-order valence-electron chi connectivity index (χ3n) is 4.57. The first-order valence-electron chi connectivity index (χ1n) is 8.71. The lowest BCUT2D eigenvalue weighted by Gasteiger charge is -2.10. The molecule has 0 atom stereocenters. The molecule has 0 fully saturated rings. The van der Waals surface area contributed by atoms with E-state index in [2.05, 4.69) is 10.3 Å². The molecule has 0 aliphatic heterocycles. The zero-order chi connectivity index (χ0) is 20.5. The van der Waals surface area contributed by atoms with E-state index in [1.807, 2.05) is 24.4 Å². The number of thiophene rings is 1. The second-order valence-corrected chi connectivity index (χ2v) is 8.18. The summed E-state index contributed by atoms with van der Waals surface area (Å²) in [5, 5.41) is 6.37. The van der Waals surface area contributed by atoms with Crippen LogP contribution in [0, 0.1) is 6.92 Å². The Kier molecular flexibility index (Phi) is 5.41. The van der Waals surface area contributed by atoms with Crippen LogP contribution in [-0.4, -0.2) is 15.5 Å². The summed E-state index contributed by atoms with van der Waals surface area (Å²) in [6, 6.07) is 12.5. The van der Waals surface area contributed by atoms with Crippen LogP contribution in [0.25, 0.3) is 21.3 Å². The van der Waals surface area contributed by atoms with E-state index in [1.54, 1.807) is 30.3 Å². The van der Waals surface area contributed by atoms with Gasteiger partial charge in [-0.05, 0) is 42.3 Å². The smallest absolute Gasteiger partial charge is 0.263 e. The molecule has 0 spiro atoms. The van der Waals surface area contributed by atoms with Crippen LogP contribution in [0.5, 0.6) is 0 Å². The van der Waals surface area contributed by atoms with Gasteiger partial charge in [-0.25, -0.2) is 4.98 Å². The fourth-order valence-electron chi connectivity index (χ4n) is 3.01. The summed E-state index contributed by atoms with van der Waals surface area (Å²) >= 11 is 13.4. The molecule has 2 heterocycles. The monoisotopic (exact) mass is 443 g/mol. The van der Waals surface area contributed by atoms with E-state index in [0.717, 1.165) is 16.7 Å². The molecule has 146 valence electrons. The summed E-state index contributed by atoms with van der Waals surface area (Å²) in [6.45, 7) is 1.67. The van der Waals surface area contributed by atoms with Crippen LogP contribution in [0.2, 0.25) is 10.0 Å². The Labute approximate surface area is 180 Å². The summed E-state index contributed by atoms with van der Waals surface area (Å²) in [4.78, 5) is 30.6. The highest BCUT2D eigenvalue weighted by molar-refractivity contribution is 7.17. The molecule has 4 rings (SSSR count). The lowest BCUT2D eigenvalue weighted by Crippen LogP contribution is -2.28. The average Bonchev–Trinajstić information content (AvgIpc) is 3.13. The third-order valence-corrected chi connectivity index (χ3v) is 6.12. The van der Waals surface area contributed by atoms with Crippen LogP contribution in [0.4, 0.5) is 5.69 Å². The summed E-state index contributed by atoms with van der Waals surface area (Å²) < 4.78 is 1.31. The summed E-state index contributed by atoms with van der Waals surface area (Å²) in [7, 11) is 0. The van der Waals surface area contributed by atoms with Crippen molar-refractivity contribution < 1.29 is 4.79 Å². The fraction of sp³-hybridized carbons (Fsp3) is 0.0952. The minimum atomic E-state index is -0.332. The van der Waals surface area contributed by atoms with Gasteiger partial charge in [-0.2, -0.15) is 0 Å². The first kappa shape index (κ1) is 19.6. The molecule has 0 saturated heterocycles. The second kappa shape index (κ2) is 7.99. The Balaban J connectivity index is 1.66. The lowest BCUT2D eigenvalue weighted by molar-refractivity contribution is -0.116. The molecule has 2 aromatic carbocycles. The normalized spacial score (nSPS) is 11.0. The van der Waals surface area contributed by atoms with E-state index in [9.17, 15) is 9.59 Å². The second-order valence-electron chi connectivity index (χ2n) is 6.47. The number of nitrogens with zero attached hydrogens (tertiary/aromatic N) is 2. The molecular formula is C21H15Cl2N3O2S. The van der Waals surface area contributed by atoms with Gasteiger partial charge in [0.15, 0.2) is 0 Å². The number of carbonyl (C=O) groups excluding carboxylic acids is 1. The van der Waals surface area contributed by atoms with Crippen molar-refractivity contribution >= 4 is 56.3 Å². The van der Waals surface area contributed by atoms with Crippen LogP contribution in [0.15, 0.2) is 59.0 Å². The lowest BCUT2D eigenvalue weighted by atomic mass is 10.1. The van der Waals surface area contributed by atoms with Gasteiger partial charge in [0.1, 0.15) is 11.4 Å². The van der Waals surface area contributed by atoms with Crippen LogP contribution in [0.3, 0.4) is 0 Å². The molecule has 0 unspecified atom stereocenters. The van der Waals surface area contributed by atoms with Crippen molar-refractivity contribution in [1.82, 2.24) is 9.55 Å². The predicted octanol–water partition coefficient (Wildman–Crippen LogP) is 5.38. The molecule has 0 aliphatic rings. The van der Waals surface area contributed by atoms with Gasteiger partial charge < -0.3 is 5.32 Å². The van der Waals surface area contributed by atoms with E-state index in [1.165, 1.54) is 22.2 Å². The highest BCUT2D eigenvalue weighted by Crippen LogP contribution is 2.31. The summed E-state index contributed by atoms with van der Waals surface area (Å²) in [5.74, 6) is -0.332. The molecule has 4 aromatic rings. The van der Waals surface area contributed by atoms with E-state index in [4.69, 9.17) is 23.2 Å². The van der Waals surface area contributed by atoms with Crippen molar-refractivity contribution in [3.8, 4) is 11.1 Å². The molecule has 29 heavy (non-hydrogen) atoms. The maximum Gasteiger partial charge on any atom is 0.263 e. The number of hydrogen-bond acceptors (Lipinski definition) is 4. The highest BCUT2D eigenvalue weighted by Gasteiger charge is 2.15. The topological polar surface area (TPSA) is 64.0 Å². The maximum atomic E-state index is 13.1. The number of nitrogens with one attached hydrogen (secondary N) is 1. The van der Waals surface area contributed by atoms with Gasteiger partial charge in [-0.3, -0.25) is 14.2 Å². The van der Waals surface area contributed by atoms with Gasteiger partial charge in [0.25, 0.3) is 5.56 Å². The van der Waals surface area contributed by atoms with Crippen LogP contribution < -0.4 is 10.9 Å². The number of rotatable bonds is 4. The highest BCUT2D eigenvalue weighted by atomic mass is 35.5. The van der Waals surface area contributed by atoms with Gasteiger partial charge in [-0.1, -0.05) is 41.4 Å². The van der Waals surface area contributed by atoms with Crippen molar-refractivity contribution in [1.29, 1.82) is 0 Å². The van der Waals surface area contributed by atoms with Gasteiger partial charge in [0, 0.05) is 26.7 Å². The van der Waals surface area contributed by atoms with Crippen LogP contribution >= 0.6 is 34.5 Å². The molecule has 0 bridgehead atoms. The van der Waals surface area contributed by atoms with Gasteiger partial charge in [-0.15, -0.1) is 11.3 Å². The first-order chi connectivity index (χ1) is 13.9. The van der Waals surface area contributed by atoms with Crippen molar-refractivity contribution in [3.05, 3.63) is 80.1 Å². The molecule has 1 amide bonds. The zero-order valence-corrected chi connectivity index (χ0v) is 17.6. The number of hydrogen-bond donors (Lipinski definition) is 1. The van der Waals surface area contributed by atoms with Crippen molar-refractivity contribution in [2.24, 2.45) is 0 Å². The Bertz CT molecular complexity index is 1280. The Morgan fingerprint density at radius 2 is 1.93 bits per heavy atom. The molecule has 2 aromatic heterocycles. The molecule has 8 heteroatoms. The largest absolute Gasteiger partial charge is 0.324 e. The standard InChI is InChI=1S/C21H15Cl2N3O2S/c1-12-16(23)3-2-4-17(12)25-18(27)9-26-11-24-20-19(21(26)28)15(10-29-20)13-5-7-14(22)8-6-13/h2-8,10-11H,9H2,1H3,(H,25,27). The Hall–Kier alpha value is -2.67. The van der Waals surface area contributed by atoms with Crippen molar-refractivity contribution in [2.45, 2.75) is 13.5 Å². The SMILES string of the molecule is Cc1c(Cl)cccc1NC(=O)Cn1cnc2scc(-c3ccc(Cl)cc3)c2c1=O. The van der Waals surface area contributed by atoms with Gasteiger partial charge in [0.05, 0.1) is 11.7 Å². The maximum absolute atomic E-state index is 13.1. The molecule has 0 radical (unpaired) electrons. The molecule has 5 nitrogen and oxygen atoms in total. The predicted molar refractivity (Wildman–Crippen MR) is 119 cm³/mol. The first-order valence-corrected chi connectivity index (χ1v) is 10.3. The molecule has 1 N–H and O–H groups in total. The van der Waals surface area contributed by atoms with Crippen molar-refractivity contribution in [2.75, 3.05) is 5.32 Å². The molecular weight excluding hydrogens is 429 g/mol. The van der Waals surface area contributed by atoms with E-state index >= 15 is 0 Å². The minimum Gasteiger partial charge on any atom is -0.324 e. The molecule has 0 saturated carbocycles. The summed E-state index contributed by atoms with van der Waals surface area (Å²) in [5.41, 5.74) is 2.77. The third kappa shape index (κ3) is 3.92. The van der Waals surface area contributed by atoms with E-state index in [0.29, 0.717) is 25.9 Å². The average molecular weight is 444 g/mol. The number of benzene rings is 2. The van der Waals surface area contributed by atoms with Crippen molar-refractivity contribution in [3.63, 3.8) is 0 Å². The van der Waals surface area contributed by atoms with Crippen LogP contribution in [-0.2, 0) is 11.3 Å². The quantitative estimate of drug-likeness (QED) is 0.460. The number of fused-ring (bicyclic) bond motifs is 1. The summed E-state index contributed by atoms with van der Waals surface area (Å²) in [6.07, 6.45) is 1.40. The Morgan fingerprint density at radius 3 is 2.69 bits per heavy atom. The zero-order valence-electron chi connectivity index (χ0n) is 15.3. The number of halogens is 2. The van der Waals surface area contributed by atoms with Gasteiger partial charge >= 0.3 is 0 Å².